The number of hydrogen-bond donors (Lipinski definition) is 2. The Morgan fingerprint density at radius 1 is 1.12 bits per heavy atom. The molecule has 6 nitrogen and oxygen atoms in total. The van der Waals surface area contributed by atoms with Crippen LogP contribution >= 0.6 is 0 Å². The van der Waals surface area contributed by atoms with Crippen molar-refractivity contribution in [2.75, 3.05) is 24.7 Å². The number of carbonyl (C=O) groups is 1. The lowest BCUT2D eigenvalue weighted by Crippen LogP contribution is -2.38. The highest BCUT2D eigenvalue weighted by Gasteiger charge is 2.23. The third-order valence-electron chi connectivity index (χ3n) is 4.54. The molecule has 2 unspecified atom stereocenters. The van der Waals surface area contributed by atoms with E-state index in [1.165, 1.54) is 4.90 Å². The summed E-state index contributed by atoms with van der Waals surface area (Å²) in [6.07, 6.45) is 1.98. The number of benzene rings is 1. The Labute approximate surface area is 153 Å². The van der Waals surface area contributed by atoms with Crippen LogP contribution in [0.2, 0.25) is 0 Å². The van der Waals surface area contributed by atoms with Crippen molar-refractivity contribution < 1.29 is 4.79 Å². The lowest BCUT2D eigenvalue weighted by Gasteiger charge is -2.22. The molecule has 2 N–H and O–H groups in total. The standard InChI is InChI=1S/C20H27N3O3/c1-6-12(2)10-13(3)21-16-17(19(25)18(16)24)22-15-9-7-8-14(11-15)20(26)23(4)5/h7-9,11-13,21-22H,6,10H2,1-5H3. The molecule has 140 valence electrons. The van der Waals surface area contributed by atoms with Crippen LogP contribution in [-0.2, 0) is 0 Å². The number of hydrogen-bond acceptors (Lipinski definition) is 5. The van der Waals surface area contributed by atoms with E-state index in [0.717, 1.165) is 12.8 Å². The van der Waals surface area contributed by atoms with Gasteiger partial charge < -0.3 is 15.5 Å². The molecule has 0 heterocycles. The Balaban J connectivity index is 2.18. The lowest BCUT2D eigenvalue weighted by atomic mass is 10.00. The van der Waals surface area contributed by atoms with Gasteiger partial charge >= 0.3 is 0 Å². The molecule has 0 fully saturated rings. The van der Waals surface area contributed by atoms with Crippen LogP contribution in [0.15, 0.2) is 33.9 Å². The van der Waals surface area contributed by atoms with E-state index in [4.69, 9.17) is 0 Å². The second-order valence-corrected chi connectivity index (χ2v) is 7.11. The first kappa shape index (κ1) is 19.7. The van der Waals surface area contributed by atoms with Gasteiger partial charge in [0.05, 0.1) is 0 Å². The molecule has 0 saturated heterocycles. The molecule has 0 saturated carbocycles. The van der Waals surface area contributed by atoms with Crippen LogP contribution in [0.1, 0.15) is 44.0 Å². The molecule has 2 rings (SSSR count). The second kappa shape index (κ2) is 8.17. The van der Waals surface area contributed by atoms with Gasteiger partial charge in [-0.1, -0.05) is 26.3 Å². The maximum Gasteiger partial charge on any atom is 0.253 e. The van der Waals surface area contributed by atoms with Crippen molar-refractivity contribution in [1.29, 1.82) is 0 Å². The maximum atomic E-state index is 12.1. The van der Waals surface area contributed by atoms with E-state index in [2.05, 4.69) is 24.5 Å². The second-order valence-electron chi connectivity index (χ2n) is 7.11. The minimum Gasteiger partial charge on any atom is -0.377 e. The summed E-state index contributed by atoms with van der Waals surface area (Å²) < 4.78 is 0. The largest absolute Gasteiger partial charge is 0.377 e. The molecule has 2 aromatic carbocycles. The van der Waals surface area contributed by atoms with Crippen molar-refractivity contribution in [3.05, 3.63) is 50.3 Å². The molecule has 0 radical (unpaired) electrons. The fourth-order valence-corrected chi connectivity index (χ4v) is 2.86. The minimum atomic E-state index is -0.535. The van der Waals surface area contributed by atoms with Crippen LogP contribution in [0.4, 0.5) is 17.1 Å². The summed E-state index contributed by atoms with van der Waals surface area (Å²) in [5.74, 6) is 0.410. The summed E-state index contributed by atoms with van der Waals surface area (Å²) in [6.45, 7) is 6.29. The molecular formula is C20H27N3O3. The van der Waals surface area contributed by atoms with E-state index in [9.17, 15) is 14.4 Å². The van der Waals surface area contributed by atoms with Crippen molar-refractivity contribution in [3.63, 3.8) is 0 Å². The van der Waals surface area contributed by atoms with Crippen molar-refractivity contribution in [1.82, 2.24) is 4.90 Å². The van der Waals surface area contributed by atoms with E-state index in [1.54, 1.807) is 38.4 Å². The number of anilines is 3. The Hall–Kier alpha value is -2.63. The summed E-state index contributed by atoms with van der Waals surface area (Å²) in [5.41, 5.74) is 0.674. The molecule has 0 spiro atoms. The van der Waals surface area contributed by atoms with Crippen LogP contribution in [-0.4, -0.2) is 30.9 Å². The highest BCUT2D eigenvalue weighted by Crippen LogP contribution is 2.23. The lowest BCUT2D eigenvalue weighted by molar-refractivity contribution is 0.0827. The summed E-state index contributed by atoms with van der Waals surface area (Å²) in [4.78, 5) is 37.5. The van der Waals surface area contributed by atoms with Gasteiger partial charge in [-0.25, -0.2) is 0 Å². The first-order chi connectivity index (χ1) is 12.2. The van der Waals surface area contributed by atoms with Crippen molar-refractivity contribution in [2.24, 2.45) is 5.92 Å². The molecule has 0 aromatic heterocycles. The molecule has 0 aliphatic heterocycles. The van der Waals surface area contributed by atoms with Gasteiger partial charge in [-0.2, -0.15) is 0 Å². The summed E-state index contributed by atoms with van der Waals surface area (Å²) in [7, 11) is 3.36. The van der Waals surface area contributed by atoms with Gasteiger partial charge in [-0.3, -0.25) is 14.4 Å². The van der Waals surface area contributed by atoms with Crippen LogP contribution in [0.3, 0.4) is 0 Å². The topological polar surface area (TPSA) is 78.5 Å². The van der Waals surface area contributed by atoms with Crippen molar-refractivity contribution in [3.8, 4) is 0 Å². The van der Waals surface area contributed by atoms with Crippen LogP contribution < -0.4 is 21.5 Å². The quantitative estimate of drug-likeness (QED) is 0.710. The average molecular weight is 357 g/mol. The Morgan fingerprint density at radius 2 is 1.77 bits per heavy atom. The third-order valence-corrected chi connectivity index (χ3v) is 4.54. The Kier molecular flexibility index (Phi) is 6.18. The first-order valence-electron chi connectivity index (χ1n) is 8.93. The van der Waals surface area contributed by atoms with Crippen LogP contribution in [0, 0.1) is 5.92 Å². The van der Waals surface area contributed by atoms with E-state index in [0.29, 0.717) is 22.9 Å². The Bertz CT molecular complexity index is 850. The Morgan fingerprint density at radius 3 is 2.38 bits per heavy atom. The molecule has 2 aromatic rings. The van der Waals surface area contributed by atoms with Gasteiger partial charge in [0.2, 0.25) is 0 Å². The van der Waals surface area contributed by atoms with Gasteiger partial charge in [-0.05, 0) is 37.5 Å². The first-order valence-corrected chi connectivity index (χ1v) is 8.93. The molecule has 6 heteroatoms. The van der Waals surface area contributed by atoms with E-state index < -0.39 is 10.9 Å². The van der Waals surface area contributed by atoms with Gasteiger partial charge in [0, 0.05) is 31.4 Å². The molecule has 26 heavy (non-hydrogen) atoms. The summed E-state index contributed by atoms with van der Waals surface area (Å²) in [6, 6.07) is 6.98. The number of amides is 1. The highest BCUT2D eigenvalue weighted by molar-refractivity contribution is 5.95. The normalized spacial score (nSPS) is 13.3. The number of carbonyl (C=O) groups excluding carboxylic acids is 1. The van der Waals surface area contributed by atoms with Gasteiger partial charge in [0.1, 0.15) is 11.4 Å². The minimum absolute atomic E-state index is 0.0930. The zero-order valence-electron chi connectivity index (χ0n) is 16.1. The van der Waals surface area contributed by atoms with Gasteiger partial charge in [0.15, 0.2) is 0 Å². The molecule has 2 atom stereocenters. The number of rotatable bonds is 8. The van der Waals surface area contributed by atoms with E-state index in [1.807, 2.05) is 6.92 Å². The summed E-state index contributed by atoms with van der Waals surface area (Å²) >= 11 is 0. The molecule has 1 amide bonds. The predicted octanol–water partition coefficient (Wildman–Crippen LogP) is 2.96. The van der Waals surface area contributed by atoms with Crippen LogP contribution in [0.5, 0.6) is 0 Å². The van der Waals surface area contributed by atoms with Crippen molar-refractivity contribution in [2.45, 2.75) is 39.7 Å². The highest BCUT2D eigenvalue weighted by atomic mass is 16.2. The molecule has 0 bridgehead atoms. The van der Waals surface area contributed by atoms with Gasteiger partial charge in [0.25, 0.3) is 16.8 Å². The molecular weight excluding hydrogens is 330 g/mol. The monoisotopic (exact) mass is 357 g/mol. The smallest absolute Gasteiger partial charge is 0.253 e. The van der Waals surface area contributed by atoms with E-state index >= 15 is 0 Å². The van der Waals surface area contributed by atoms with Crippen LogP contribution in [0.25, 0.3) is 0 Å². The fraction of sp³-hybridized carbons (Fsp3) is 0.450. The molecule has 0 aliphatic rings. The predicted molar refractivity (Wildman–Crippen MR) is 106 cm³/mol. The summed E-state index contributed by atoms with van der Waals surface area (Å²) in [5, 5.41) is 6.15. The SMILES string of the molecule is CCC(C)CC(C)Nc1c(Nc2cccc(C(=O)N(C)C)c2)c(=O)c1=O. The maximum absolute atomic E-state index is 12.1. The zero-order chi connectivity index (χ0) is 19.4. The van der Waals surface area contributed by atoms with Gasteiger partial charge in [-0.15, -0.1) is 0 Å². The average Bonchev–Trinajstić information content (AvgIpc) is 2.63. The molecule has 0 aliphatic carbocycles. The number of nitrogens with one attached hydrogen (secondary N) is 2. The fourth-order valence-electron chi connectivity index (χ4n) is 2.86. The number of nitrogens with zero attached hydrogens (tertiary/aromatic N) is 1. The van der Waals surface area contributed by atoms with E-state index in [-0.39, 0.29) is 17.6 Å². The third kappa shape index (κ3) is 4.31. The zero-order valence-corrected chi connectivity index (χ0v) is 16.1. The van der Waals surface area contributed by atoms with Crippen molar-refractivity contribution >= 4 is 23.0 Å².